The molecule has 2 heterocycles. The molecule has 0 spiro atoms. The molecule has 4 nitrogen and oxygen atoms in total. The van der Waals surface area contributed by atoms with Gasteiger partial charge < -0.3 is 15.0 Å². The molecule has 0 amide bonds. The summed E-state index contributed by atoms with van der Waals surface area (Å²) >= 11 is 0. The Morgan fingerprint density at radius 2 is 2.25 bits per heavy atom. The molecule has 0 aliphatic carbocycles. The summed E-state index contributed by atoms with van der Waals surface area (Å²) in [6, 6.07) is 4.45. The summed E-state index contributed by atoms with van der Waals surface area (Å²) in [6.07, 6.45) is 4.29. The number of ether oxygens (including phenoxy) is 1. The summed E-state index contributed by atoms with van der Waals surface area (Å²) in [5.41, 5.74) is 0.154. The number of pyridine rings is 1. The Hall–Kier alpha value is -1.29. The lowest BCUT2D eigenvalue weighted by Gasteiger charge is -2.30. The molecule has 0 saturated carbocycles. The normalized spacial score (nSPS) is 19.4. The van der Waals surface area contributed by atoms with Crippen LogP contribution >= 0.6 is 0 Å². The first kappa shape index (κ1) is 15.1. The minimum Gasteiger partial charge on any atom is -0.490 e. The minimum absolute atomic E-state index is 0.154. The van der Waals surface area contributed by atoms with Crippen LogP contribution in [-0.4, -0.2) is 36.3 Å². The monoisotopic (exact) mass is 277 g/mol. The van der Waals surface area contributed by atoms with E-state index in [1.54, 1.807) is 0 Å². The fourth-order valence-electron chi connectivity index (χ4n) is 2.62. The molecule has 1 N–H and O–H groups in total. The van der Waals surface area contributed by atoms with E-state index < -0.39 is 0 Å². The molecular formula is C16H27N3O. The van der Waals surface area contributed by atoms with Gasteiger partial charge in [0.1, 0.15) is 0 Å². The molecule has 1 aliphatic rings. The largest absolute Gasteiger partial charge is 0.490 e. The third-order valence-corrected chi connectivity index (χ3v) is 3.57. The summed E-state index contributed by atoms with van der Waals surface area (Å²) in [4.78, 5) is 6.94. The molecule has 0 radical (unpaired) electrons. The van der Waals surface area contributed by atoms with Crippen molar-refractivity contribution in [1.29, 1.82) is 0 Å². The highest BCUT2D eigenvalue weighted by Gasteiger charge is 2.28. The smallest absolute Gasteiger partial charge is 0.171 e. The second kappa shape index (κ2) is 6.44. The van der Waals surface area contributed by atoms with Crippen molar-refractivity contribution in [3.63, 3.8) is 0 Å². The number of nitrogens with zero attached hydrogens (tertiary/aromatic N) is 2. The van der Waals surface area contributed by atoms with Gasteiger partial charge in [0.05, 0.1) is 6.61 Å². The molecule has 0 aromatic carbocycles. The average molecular weight is 277 g/mol. The molecule has 20 heavy (non-hydrogen) atoms. The van der Waals surface area contributed by atoms with Gasteiger partial charge in [-0.15, -0.1) is 0 Å². The van der Waals surface area contributed by atoms with Gasteiger partial charge in [-0.3, -0.25) is 0 Å². The minimum atomic E-state index is 0.154. The Labute approximate surface area is 122 Å². The lowest BCUT2D eigenvalue weighted by atomic mass is 10.1. The number of nitrogens with one attached hydrogen (secondary N) is 1. The second-order valence-electron chi connectivity index (χ2n) is 6.38. The molecule has 1 unspecified atom stereocenters. The van der Waals surface area contributed by atoms with Crippen molar-refractivity contribution in [3.05, 3.63) is 18.3 Å². The lowest BCUT2D eigenvalue weighted by Crippen LogP contribution is -2.45. The predicted molar refractivity (Wildman–Crippen MR) is 83.5 cm³/mol. The number of hydrogen-bond acceptors (Lipinski definition) is 4. The van der Waals surface area contributed by atoms with Crippen LogP contribution in [0.25, 0.3) is 0 Å². The van der Waals surface area contributed by atoms with Crippen LogP contribution in [0.2, 0.25) is 0 Å². The van der Waals surface area contributed by atoms with Gasteiger partial charge in [0.15, 0.2) is 11.6 Å². The number of rotatable bonds is 5. The first-order valence-electron chi connectivity index (χ1n) is 7.61. The zero-order valence-electron chi connectivity index (χ0n) is 13.1. The van der Waals surface area contributed by atoms with Crippen molar-refractivity contribution in [2.75, 3.05) is 24.6 Å². The van der Waals surface area contributed by atoms with Gasteiger partial charge in [-0.1, -0.05) is 0 Å². The molecule has 1 aromatic rings. The van der Waals surface area contributed by atoms with Crippen molar-refractivity contribution in [2.45, 2.75) is 52.1 Å². The molecule has 1 aromatic heterocycles. The van der Waals surface area contributed by atoms with Gasteiger partial charge in [0, 0.05) is 30.9 Å². The average Bonchev–Trinajstić information content (AvgIpc) is 2.85. The van der Waals surface area contributed by atoms with Crippen LogP contribution in [0.1, 0.15) is 40.5 Å². The van der Waals surface area contributed by atoms with E-state index in [2.05, 4.69) is 36.0 Å². The SMILES string of the molecule is CCOc1cccnc1N1CCCC1CNC(C)(C)C. The maximum absolute atomic E-state index is 5.72. The Morgan fingerprint density at radius 1 is 1.45 bits per heavy atom. The van der Waals surface area contributed by atoms with Crippen LogP contribution in [0.3, 0.4) is 0 Å². The molecule has 0 bridgehead atoms. The summed E-state index contributed by atoms with van der Waals surface area (Å²) in [5, 5.41) is 3.60. The van der Waals surface area contributed by atoms with E-state index in [0.717, 1.165) is 24.7 Å². The molecule has 1 fully saturated rings. The van der Waals surface area contributed by atoms with Crippen molar-refractivity contribution in [2.24, 2.45) is 0 Å². The maximum Gasteiger partial charge on any atom is 0.171 e. The third kappa shape index (κ3) is 3.85. The van der Waals surface area contributed by atoms with Crippen LogP contribution in [0.4, 0.5) is 5.82 Å². The number of anilines is 1. The second-order valence-corrected chi connectivity index (χ2v) is 6.38. The fourth-order valence-corrected chi connectivity index (χ4v) is 2.62. The predicted octanol–water partition coefficient (Wildman–Crippen LogP) is 2.84. The van der Waals surface area contributed by atoms with Crippen LogP contribution in [0, 0.1) is 0 Å². The fraction of sp³-hybridized carbons (Fsp3) is 0.688. The molecule has 1 aliphatic heterocycles. The van der Waals surface area contributed by atoms with E-state index in [4.69, 9.17) is 4.74 Å². The van der Waals surface area contributed by atoms with Gasteiger partial charge in [-0.05, 0) is 52.7 Å². The summed E-state index contributed by atoms with van der Waals surface area (Å²) < 4.78 is 5.72. The zero-order chi connectivity index (χ0) is 14.6. The highest BCUT2D eigenvalue weighted by Crippen LogP contribution is 2.31. The topological polar surface area (TPSA) is 37.4 Å². The van der Waals surface area contributed by atoms with Gasteiger partial charge in [0.25, 0.3) is 0 Å². The van der Waals surface area contributed by atoms with Crippen molar-refractivity contribution in [3.8, 4) is 5.75 Å². The molecule has 112 valence electrons. The van der Waals surface area contributed by atoms with E-state index in [9.17, 15) is 0 Å². The van der Waals surface area contributed by atoms with E-state index in [1.165, 1.54) is 12.8 Å². The van der Waals surface area contributed by atoms with Gasteiger partial charge in [0.2, 0.25) is 0 Å². The molecule has 1 saturated heterocycles. The van der Waals surface area contributed by atoms with Gasteiger partial charge in [-0.2, -0.15) is 0 Å². The van der Waals surface area contributed by atoms with Crippen molar-refractivity contribution >= 4 is 5.82 Å². The Bertz CT molecular complexity index is 428. The first-order valence-corrected chi connectivity index (χ1v) is 7.61. The van der Waals surface area contributed by atoms with E-state index >= 15 is 0 Å². The third-order valence-electron chi connectivity index (χ3n) is 3.57. The van der Waals surface area contributed by atoms with E-state index in [1.807, 2.05) is 25.3 Å². The first-order chi connectivity index (χ1) is 9.51. The Balaban J connectivity index is 2.10. The van der Waals surface area contributed by atoms with E-state index in [-0.39, 0.29) is 5.54 Å². The van der Waals surface area contributed by atoms with Gasteiger partial charge >= 0.3 is 0 Å². The van der Waals surface area contributed by atoms with Crippen LogP contribution < -0.4 is 15.0 Å². The quantitative estimate of drug-likeness (QED) is 0.898. The lowest BCUT2D eigenvalue weighted by molar-refractivity contribution is 0.338. The van der Waals surface area contributed by atoms with Crippen molar-refractivity contribution < 1.29 is 4.74 Å². The summed E-state index contributed by atoms with van der Waals surface area (Å²) in [6.45, 7) is 11.4. The molecule has 2 rings (SSSR count). The van der Waals surface area contributed by atoms with Gasteiger partial charge in [-0.25, -0.2) is 4.98 Å². The number of hydrogen-bond donors (Lipinski definition) is 1. The summed E-state index contributed by atoms with van der Waals surface area (Å²) in [5.74, 6) is 1.89. The molecular weight excluding hydrogens is 250 g/mol. The summed E-state index contributed by atoms with van der Waals surface area (Å²) in [7, 11) is 0. The molecule has 1 atom stereocenters. The van der Waals surface area contributed by atoms with Crippen LogP contribution in [0.5, 0.6) is 5.75 Å². The Kier molecular flexibility index (Phi) is 4.86. The number of aromatic nitrogens is 1. The van der Waals surface area contributed by atoms with E-state index in [0.29, 0.717) is 12.6 Å². The zero-order valence-corrected chi connectivity index (χ0v) is 13.1. The van der Waals surface area contributed by atoms with Crippen LogP contribution in [-0.2, 0) is 0 Å². The maximum atomic E-state index is 5.72. The van der Waals surface area contributed by atoms with Crippen molar-refractivity contribution in [1.82, 2.24) is 10.3 Å². The highest BCUT2D eigenvalue weighted by atomic mass is 16.5. The highest BCUT2D eigenvalue weighted by molar-refractivity contribution is 5.53. The molecule has 4 heteroatoms. The standard InChI is InChI=1S/C16H27N3O/c1-5-20-14-9-6-10-17-15(14)19-11-7-8-13(19)12-18-16(2,3)4/h6,9-10,13,18H,5,7-8,11-12H2,1-4H3. The Morgan fingerprint density at radius 3 is 2.95 bits per heavy atom. The van der Waals surface area contributed by atoms with Crippen LogP contribution in [0.15, 0.2) is 18.3 Å².